The van der Waals surface area contributed by atoms with Crippen LogP contribution in [0, 0.1) is 23.7 Å². The highest BCUT2D eigenvalue weighted by Crippen LogP contribution is 2.56. The largest absolute Gasteiger partial charge is 0.478 e. The Morgan fingerprint density at radius 1 is 0.408 bits per heavy atom. The predicted molar refractivity (Wildman–Crippen MR) is 274 cm³/mol. The van der Waals surface area contributed by atoms with Crippen molar-refractivity contribution in [1.82, 2.24) is 0 Å². The Kier molecular flexibility index (Phi) is 33.5. The second-order valence-electron chi connectivity index (χ2n) is 19.3. The summed E-state index contributed by atoms with van der Waals surface area (Å²) < 4.78 is 103. The van der Waals surface area contributed by atoms with Gasteiger partial charge in [0.25, 0.3) is 0 Å². The van der Waals surface area contributed by atoms with E-state index in [0.717, 1.165) is 63.5 Å². The van der Waals surface area contributed by atoms with Gasteiger partial charge in [-0.05, 0) is 60.4 Å². The van der Waals surface area contributed by atoms with Gasteiger partial charge in [-0.1, -0.05) is 230 Å². The molecule has 0 fully saturated rings. The Labute approximate surface area is 423 Å². The van der Waals surface area contributed by atoms with Gasteiger partial charge in [0, 0.05) is 24.3 Å². The first kappa shape index (κ1) is 63.1. The Morgan fingerprint density at radius 2 is 0.662 bits per heavy atom. The molecule has 0 unspecified atom stereocenters. The van der Waals surface area contributed by atoms with E-state index in [-0.39, 0.29) is 13.2 Å². The van der Waals surface area contributed by atoms with Crippen molar-refractivity contribution in [3.8, 4) is 23.7 Å². The van der Waals surface area contributed by atoms with Gasteiger partial charge in [-0.3, -0.25) is 0 Å². The van der Waals surface area contributed by atoms with Crippen molar-refractivity contribution >= 4 is 11.9 Å². The number of benzene rings is 2. The van der Waals surface area contributed by atoms with E-state index in [9.17, 15) is 19.8 Å². The number of halogens is 6. The number of carbonyl (C=O) groups is 2. The lowest BCUT2D eigenvalue weighted by Gasteiger charge is -2.38. The number of rotatable bonds is 40. The van der Waals surface area contributed by atoms with Crippen molar-refractivity contribution in [2.24, 2.45) is 0 Å². The van der Waals surface area contributed by atoms with Crippen LogP contribution in [-0.2, 0) is 14.9 Å². The fraction of sp³-hybridized carbons (Fsp3) is 0.695. The van der Waals surface area contributed by atoms with Crippen LogP contribution in [0.1, 0.15) is 262 Å². The molecule has 0 amide bonds. The highest BCUT2D eigenvalue weighted by molar-refractivity contribution is 5.89. The summed E-state index contributed by atoms with van der Waals surface area (Å²) in [6.45, 7) is 4.82. The third kappa shape index (κ3) is 26.0. The van der Waals surface area contributed by atoms with Gasteiger partial charge in [0.1, 0.15) is 13.2 Å². The van der Waals surface area contributed by atoms with Crippen molar-refractivity contribution in [3.63, 3.8) is 0 Å². The van der Waals surface area contributed by atoms with Crippen LogP contribution in [0.25, 0.3) is 0 Å². The lowest BCUT2D eigenvalue weighted by atomic mass is 9.71. The molecule has 400 valence electrons. The molecule has 0 saturated heterocycles. The molecule has 2 aromatic carbocycles. The second kappa shape index (κ2) is 37.7. The fourth-order valence-corrected chi connectivity index (χ4v) is 9.09. The third-order valence-electron chi connectivity index (χ3n) is 13.2. The van der Waals surface area contributed by atoms with Crippen LogP contribution >= 0.6 is 0 Å². The van der Waals surface area contributed by atoms with Gasteiger partial charge in [-0.2, -0.15) is 26.3 Å². The van der Waals surface area contributed by atoms with Gasteiger partial charge in [-0.25, -0.2) is 9.59 Å². The molecule has 2 rings (SSSR count). The summed E-state index contributed by atoms with van der Waals surface area (Å²) >= 11 is 0. The zero-order chi connectivity index (χ0) is 52.1. The molecule has 0 radical (unpaired) electrons. The lowest BCUT2D eigenvalue weighted by molar-refractivity contribution is -0.288. The average molecular weight is 1010 g/mol. The van der Waals surface area contributed by atoms with Crippen molar-refractivity contribution < 1.29 is 55.6 Å². The minimum Gasteiger partial charge on any atom is -0.478 e. The topological polar surface area (TPSA) is 93.1 Å². The maximum absolute atomic E-state index is 15.3. The first-order valence-corrected chi connectivity index (χ1v) is 27.2. The molecule has 0 aliphatic rings. The van der Waals surface area contributed by atoms with Crippen molar-refractivity contribution in [3.05, 3.63) is 69.8 Å². The van der Waals surface area contributed by atoms with Crippen LogP contribution in [-0.4, -0.2) is 60.9 Å². The Hall–Kier alpha value is -4.00. The van der Waals surface area contributed by atoms with Crippen molar-refractivity contribution in [2.75, 3.05) is 26.4 Å². The lowest BCUT2D eigenvalue weighted by Crippen LogP contribution is -2.55. The molecule has 0 saturated carbocycles. The fourth-order valence-electron chi connectivity index (χ4n) is 9.09. The van der Waals surface area contributed by atoms with E-state index in [1.165, 1.54) is 154 Å². The van der Waals surface area contributed by atoms with E-state index >= 15 is 26.3 Å². The van der Waals surface area contributed by atoms with Gasteiger partial charge >= 0.3 is 24.3 Å². The molecular weight excluding hydrogens is 919 g/mol. The molecule has 71 heavy (non-hydrogen) atoms. The molecule has 6 nitrogen and oxygen atoms in total. The van der Waals surface area contributed by atoms with Gasteiger partial charge in [0.05, 0.1) is 11.1 Å². The zero-order valence-electron chi connectivity index (χ0n) is 43.2. The number of carboxylic acids is 2. The average Bonchev–Trinajstić information content (AvgIpc) is 3.32. The van der Waals surface area contributed by atoms with E-state index < -0.39 is 63.1 Å². The predicted octanol–water partition coefficient (Wildman–Crippen LogP) is 17.8. The summed E-state index contributed by atoms with van der Waals surface area (Å²) in [6.07, 6.45) is 26.6. The summed E-state index contributed by atoms with van der Waals surface area (Å²) in [6, 6.07) is 3.46. The zero-order valence-corrected chi connectivity index (χ0v) is 43.2. The van der Waals surface area contributed by atoms with Gasteiger partial charge in [-0.15, -0.1) is 0 Å². The van der Waals surface area contributed by atoms with E-state index in [0.29, 0.717) is 37.5 Å². The van der Waals surface area contributed by atoms with Crippen molar-refractivity contribution in [1.29, 1.82) is 0 Å². The number of aromatic carboxylic acids is 2. The summed E-state index contributed by atoms with van der Waals surface area (Å²) in [4.78, 5) is 24.3. The monoisotopic (exact) mass is 1000 g/mol. The van der Waals surface area contributed by atoms with Crippen LogP contribution in [0.5, 0.6) is 0 Å². The van der Waals surface area contributed by atoms with Crippen LogP contribution in [0.15, 0.2) is 36.4 Å². The highest BCUT2D eigenvalue weighted by Gasteiger charge is 2.72. The maximum atomic E-state index is 15.3. The smallest absolute Gasteiger partial charge is 0.411 e. The third-order valence-corrected chi connectivity index (χ3v) is 13.2. The number of unbranched alkanes of at least 4 members (excludes halogenated alkanes) is 30. The molecule has 2 aromatic rings. The number of alkyl halides is 6. The minimum absolute atomic E-state index is 0.180. The summed E-state index contributed by atoms with van der Waals surface area (Å²) in [5.41, 5.74) is -10.4. The summed E-state index contributed by atoms with van der Waals surface area (Å²) in [5, 5.41) is 19.6. The molecule has 0 aliphatic heterocycles. The summed E-state index contributed by atoms with van der Waals surface area (Å²) in [7, 11) is 0. The van der Waals surface area contributed by atoms with E-state index in [1.54, 1.807) is 0 Å². The Balaban J connectivity index is 1.98. The Bertz CT molecular complexity index is 1750. The molecule has 0 bridgehead atoms. The minimum atomic E-state index is -6.14. The number of carboxylic acid groups (broad SMARTS) is 2. The highest BCUT2D eigenvalue weighted by atomic mass is 19.4. The van der Waals surface area contributed by atoms with E-state index in [4.69, 9.17) is 9.47 Å². The van der Waals surface area contributed by atoms with E-state index in [1.807, 2.05) is 0 Å². The number of ether oxygens (including phenoxy) is 2. The SMILES string of the molecule is CCCCCCCCCCCCCCCCCCOCC#Cc1cc(C(=O)O)cc(C(c2cc(C#CCOCCCCCCCCCCCCCCCCCC)cc(C(=O)O)c2)(C(F)(F)F)C(F)(F)F)c1. The summed E-state index contributed by atoms with van der Waals surface area (Å²) in [5.74, 6) is 6.57. The molecule has 0 aromatic heterocycles. The molecule has 0 heterocycles. The van der Waals surface area contributed by atoms with Crippen LogP contribution in [0.2, 0.25) is 0 Å². The second-order valence-corrected chi connectivity index (χ2v) is 19.3. The van der Waals surface area contributed by atoms with Crippen molar-refractivity contribution in [2.45, 2.75) is 237 Å². The normalized spacial score (nSPS) is 11.8. The Morgan fingerprint density at radius 3 is 0.901 bits per heavy atom. The first-order chi connectivity index (χ1) is 34.2. The standard InChI is InChI=1S/C59H86F6O6/c1-3-5-7-9-11-13-15-17-19-21-23-25-27-29-31-33-39-70-41-35-37-49-43-51(55(66)67)47-53(45-49)57(58(60,61)62,59(63,64)65)54-46-50(44-52(48-54)56(68)69)38-36-42-71-40-34-32-30-28-26-24-22-20-18-16-14-12-10-8-6-4-2/h43-48H,3-34,39-42H2,1-2H3,(H,66,67)(H,68,69). The number of hydrogen-bond acceptors (Lipinski definition) is 4. The molecule has 0 aliphatic carbocycles. The molecule has 2 N–H and O–H groups in total. The molecule has 0 spiro atoms. The van der Waals surface area contributed by atoms with E-state index in [2.05, 4.69) is 37.5 Å². The quantitative estimate of drug-likeness (QED) is 0.0392. The van der Waals surface area contributed by atoms with Gasteiger partial charge in [0.2, 0.25) is 5.41 Å². The molecule has 0 atom stereocenters. The van der Waals surface area contributed by atoms with Crippen LogP contribution in [0.4, 0.5) is 26.3 Å². The number of hydrogen-bond donors (Lipinski definition) is 2. The molecular formula is C59H86F6O6. The van der Waals surface area contributed by atoms with Crippen LogP contribution in [0.3, 0.4) is 0 Å². The van der Waals surface area contributed by atoms with Gasteiger partial charge in [0.15, 0.2) is 0 Å². The van der Waals surface area contributed by atoms with Gasteiger partial charge < -0.3 is 19.7 Å². The maximum Gasteiger partial charge on any atom is 0.411 e. The molecule has 12 heteroatoms. The first-order valence-electron chi connectivity index (χ1n) is 27.2. The van der Waals surface area contributed by atoms with Crippen LogP contribution < -0.4 is 0 Å².